The smallest absolute Gasteiger partial charge is 0.0717 e. The Morgan fingerprint density at radius 2 is 1.56 bits per heavy atom. The Bertz CT molecular complexity index is 630. The third kappa shape index (κ3) is 1.42. The van der Waals surface area contributed by atoms with Crippen LogP contribution in [0.25, 0.3) is 11.1 Å². The van der Waals surface area contributed by atoms with Crippen LogP contribution in [0.2, 0.25) is 0 Å². The van der Waals surface area contributed by atoms with E-state index >= 15 is 0 Å². The number of benzene rings is 2. The van der Waals surface area contributed by atoms with Crippen molar-refractivity contribution in [3.63, 3.8) is 0 Å². The first-order chi connectivity index (χ1) is 8.69. The fraction of sp³-hybridized carbons (Fsp3) is 0.250. The lowest BCUT2D eigenvalue weighted by atomic mass is 9.95. The van der Waals surface area contributed by atoms with Crippen LogP contribution in [0.1, 0.15) is 17.0 Å². The fourth-order valence-electron chi connectivity index (χ4n) is 3.28. The first-order valence-electron chi connectivity index (χ1n) is 6.24. The quantitative estimate of drug-likeness (QED) is 0.570. The highest BCUT2D eigenvalue weighted by Gasteiger charge is 2.63. The zero-order chi connectivity index (χ0) is 12.3. The van der Waals surface area contributed by atoms with Gasteiger partial charge in [0.25, 0.3) is 0 Å². The first kappa shape index (κ1) is 11.2. The summed E-state index contributed by atoms with van der Waals surface area (Å²) in [7, 11) is 0. The molecule has 2 aliphatic carbocycles. The van der Waals surface area contributed by atoms with E-state index in [1.54, 1.807) is 0 Å². The van der Waals surface area contributed by atoms with Crippen LogP contribution in [-0.4, -0.2) is 3.23 Å². The van der Waals surface area contributed by atoms with Gasteiger partial charge in [-0.25, -0.2) is 0 Å². The summed E-state index contributed by atoms with van der Waals surface area (Å²) < 4.78 is 0.101. The van der Waals surface area contributed by atoms with Gasteiger partial charge in [-0.3, -0.25) is 0 Å². The number of halogens is 2. The van der Waals surface area contributed by atoms with Crippen molar-refractivity contribution < 1.29 is 0 Å². The lowest BCUT2D eigenvalue weighted by Gasteiger charge is -2.13. The summed E-state index contributed by atoms with van der Waals surface area (Å²) in [6.45, 7) is 0. The number of hydrogen-bond donors (Lipinski definition) is 0. The molecule has 2 atom stereocenters. The van der Waals surface area contributed by atoms with E-state index in [2.05, 4.69) is 80.4 Å². The molecule has 2 unspecified atom stereocenters. The second-order valence-corrected chi connectivity index (χ2v) is 8.90. The Kier molecular flexibility index (Phi) is 2.31. The van der Waals surface area contributed by atoms with Crippen molar-refractivity contribution in [2.24, 2.45) is 5.92 Å². The molecule has 0 amide bonds. The number of alkyl halides is 2. The molecular weight excluding hydrogens is 352 g/mol. The average molecular weight is 364 g/mol. The Hall–Kier alpha value is -0.600. The van der Waals surface area contributed by atoms with Crippen molar-refractivity contribution in [2.75, 3.05) is 0 Å². The van der Waals surface area contributed by atoms with E-state index in [-0.39, 0.29) is 3.23 Å². The van der Waals surface area contributed by atoms with E-state index in [1.807, 2.05) is 0 Å². The highest BCUT2D eigenvalue weighted by atomic mass is 79.9. The normalized spacial score (nSPS) is 26.6. The van der Waals surface area contributed by atoms with Crippen molar-refractivity contribution in [3.05, 3.63) is 59.7 Å². The molecule has 2 aromatic carbocycles. The average Bonchev–Trinajstić information content (AvgIpc) is 2.96. The number of fused-ring (bicyclic) bond motifs is 5. The first-order valence-corrected chi connectivity index (χ1v) is 7.83. The minimum absolute atomic E-state index is 0.101. The van der Waals surface area contributed by atoms with Gasteiger partial charge in [-0.05, 0) is 34.6 Å². The van der Waals surface area contributed by atoms with E-state index in [0.717, 1.165) is 6.42 Å². The molecule has 1 fully saturated rings. The maximum Gasteiger partial charge on any atom is 0.0915 e. The molecule has 4 rings (SSSR count). The Morgan fingerprint density at radius 1 is 0.889 bits per heavy atom. The van der Waals surface area contributed by atoms with E-state index in [1.165, 1.54) is 22.3 Å². The molecular formula is C16H12Br2. The monoisotopic (exact) mass is 362 g/mol. The fourth-order valence-corrected chi connectivity index (χ4v) is 5.00. The maximum atomic E-state index is 3.85. The van der Waals surface area contributed by atoms with Crippen LogP contribution in [0.3, 0.4) is 0 Å². The molecule has 1 saturated carbocycles. The molecule has 0 aromatic heterocycles. The van der Waals surface area contributed by atoms with Gasteiger partial charge >= 0.3 is 0 Å². The minimum atomic E-state index is 0.101. The Morgan fingerprint density at radius 3 is 2.39 bits per heavy atom. The summed E-state index contributed by atoms with van der Waals surface area (Å²) >= 11 is 7.71. The lowest BCUT2D eigenvalue weighted by Crippen LogP contribution is -1.98. The van der Waals surface area contributed by atoms with Crippen molar-refractivity contribution in [1.29, 1.82) is 0 Å². The Labute approximate surface area is 124 Å². The summed E-state index contributed by atoms with van der Waals surface area (Å²) in [5.74, 6) is 1.24. The van der Waals surface area contributed by atoms with Gasteiger partial charge in [0.1, 0.15) is 0 Å². The molecule has 0 heterocycles. The van der Waals surface area contributed by atoms with Gasteiger partial charge in [-0.1, -0.05) is 80.4 Å². The van der Waals surface area contributed by atoms with Gasteiger partial charge < -0.3 is 0 Å². The van der Waals surface area contributed by atoms with Gasteiger partial charge in [-0.15, -0.1) is 0 Å². The Balaban J connectivity index is 2.00. The van der Waals surface area contributed by atoms with Crippen LogP contribution in [-0.2, 0) is 6.42 Å². The van der Waals surface area contributed by atoms with E-state index in [9.17, 15) is 0 Å². The second-order valence-electron chi connectivity index (χ2n) is 5.21. The molecule has 0 saturated heterocycles. The summed E-state index contributed by atoms with van der Waals surface area (Å²) in [6, 6.07) is 17.6. The molecule has 0 radical (unpaired) electrons. The van der Waals surface area contributed by atoms with E-state index in [4.69, 9.17) is 0 Å². The minimum Gasteiger partial charge on any atom is -0.0717 e. The molecule has 18 heavy (non-hydrogen) atoms. The van der Waals surface area contributed by atoms with Crippen LogP contribution in [0.5, 0.6) is 0 Å². The molecule has 90 valence electrons. The molecule has 0 bridgehead atoms. The van der Waals surface area contributed by atoms with Gasteiger partial charge in [0.15, 0.2) is 0 Å². The highest BCUT2D eigenvalue weighted by Crippen LogP contribution is 2.70. The van der Waals surface area contributed by atoms with Gasteiger partial charge in [0, 0.05) is 5.92 Å². The summed E-state index contributed by atoms with van der Waals surface area (Å²) in [6.07, 6.45) is 1.14. The maximum absolute atomic E-state index is 3.85. The molecule has 2 heteroatoms. The molecule has 2 aliphatic rings. The zero-order valence-electron chi connectivity index (χ0n) is 9.74. The number of hydrogen-bond acceptors (Lipinski definition) is 0. The van der Waals surface area contributed by atoms with Crippen LogP contribution in [0.4, 0.5) is 0 Å². The van der Waals surface area contributed by atoms with Gasteiger partial charge in [0.05, 0.1) is 3.23 Å². The molecule has 0 spiro atoms. The van der Waals surface area contributed by atoms with E-state index in [0.29, 0.717) is 11.8 Å². The van der Waals surface area contributed by atoms with Gasteiger partial charge in [-0.2, -0.15) is 0 Å². The van der Waals surface area contributed by atoms with E-state index < -0.39 is 0 Å². The SMILES string of the molecule is BrC1(Br)C2Cc3ccccc3-c3ccccc3C21. The van der Waals surface area contributed by atoms with Crippen LogP contribution >= 0.6 is 31.9 Å². The summed E-state index contributed by atoms with van der Waals surface area (Å²) in [5, 5.41) is 0. The molecule has 0 N–H and O–H groups in total. The van der Waals surface area contributed by atoms with Crippen molar-refractivity contribution in [1.82, 2.24) is 0 Å². The number of rotatable bonds is 0. The lowest BCUT2D eigenvalue weighted by molar-refractivity contribution is 0.805. The summed E-state index contributed by atoms with van der Waals surface area (Å²) in [5.41, 5.74) is 5.76. The predicted molar refractivity (Wildman–Crippen MR) is 82.4 cm³/mol. The highest BCUT2D eigenvalue weighted by molar-refractivity contribution is 9.25. The van der Waals surface area contributed by atoms with Crippen molar-refractivity contribution in [3.8, 4) is 11.1 Å². The van der Waals surface area contributed by atoms with Crippen LogP contribution < -0.4 is 0 Å². The van der Waals surface area contributed by atoms with Crippen LogP contribution in [0.15, 0.2) is 48.5 Å². The second kappa shape index (κ2) is 3.71. The topological polar surface area (TPSA) is 0 Å². The molecule has 0 nitrogen and oxygen atoms in total. The van der Waals surface area contributed by atoms with Crippen LogP contribution in [0, 0.1) is 5.92 Å². The zero-order valence-corrected chi connectivity index (χ0v) is 12.9. The van der Waals surface area contributed by atoms with Gasteiger partial charge in [0.2, 0.25) is 0 Å². The van der Waals surface area contributed by atoms with Crippen molar-refractivity contribution >= 4 is 31.9 Å². The third-order valence-electron chi connectivity index (χ3n) is 4.25. The largest absolute Gasteiger partial charge is 0.0915 e. The molecule has 2 aromatic rings. The molecule has 0 aliphatic heterocycles. The van der Waals surface area contributed by atoms with Crippen molar-refractivity contribution in [2.45, 2.75) is 15.6 Å². The third-order valence-corrected chi connectivity index (χ3v) is 6.41. The summed E-state index contributed by atoms with van der Waals surface area (Å²) in [4.78, 5) is 0. The predicted octanol–water partition coefficient (Wildman–Crippen LogP) is 5.11. The standard InChI is InChI=1S/C16H12Br2/c17-16(18)14-9-10-5-1-2-6-11(10)12-7-3-4-8-13(12)15(14)16/h1-8,14-15H,9H2.